The van der Waals surface area contributed by atoms with Crippen LogP contribution in [0, 0.1) is 35.5 Å². The molecule has 0 heterocycles. The Bertz CT molecular complexity index is 474. The third kappa shape index (κ3) is 8.66. The van der Waals surface area contributed by atoms with Gasteiger partial charge in [-0.05, 0) is 42.9 Å². The maximum atomic E-state index is 4.94. The summed E-state index contributed by atoms with van der Waals surface area (Å²) < 4.78 is 0. The molecule has 0 aromatic heterocycles. The van der Waals surface area contributed by atoms with Gasteiger partial charge in [-0.3, -0.25) is 0 Å². The lowest BCUT2D eigenvalue weighted by Crippen LogP contribution is -1.86. The number of thiocarbonyl (C=S) groups is 2. The highest BCUT2D eigenvalue weighted by atomic mass is 32.1. The van der Waals surface area contributed by atoms with E-state index < -0.39 is 0 Å². The van der Waals surface area contributed by atoms with Crippen molar-refractivity contribution in [3.63, 3.8) is 0 Å². The first-order valence-corrected chi connectivity index (χ1v) is 4.83. The number of rotatable bonds is 2. The van der Waals surface area contributed by atoms with Gasteiger partial charge in [0, 0.05) is 0 Å². The molecular formula is C13H8S2. The van der Waals surface area contributed by atoms with Gasteiger partial charge in [0.2, 0.25) is 0 Å². The van der Waals surface area contributed by atoms with Gasteiger partial charge >= 0.3 is 0 Å². The van der Waals surface area contributed by atoms with Crippen molar-refractivity contribution in [3.8, 4) is 35.5 Å². The van der Waals surface area contributed by atoms with Crippen LogP contribution in [0.15, 0.2) is 24.8 Å². The first-order valence-electron chi connectivity index (χ1n) is 4.02. The summed E-state index contributed by atoms with van der Waals surface area (Å²) >= 11 is 9.87. The quantitative estimate of drug-likeness (QED) is 0.404. The van der Waals surface area contributed by atoms with E-state index in [0.717, 1.165) is 0 Å². The van der Waals surface area contributed by atoms with Gasteiger partial charge in [-0.25, -0.2) is 0 Å². The van der Waals surface area contributed by atoms with Gasteiger partial charge in [0.05, 0.1) is 9.73 Å². The molecule has 0 fully saturated rings. The van der Waals surface area contributed by atoms with Crippen LogP contribution in [0.1, 0.15) is 6.92 Å². The maximum absolute atomic E-state index is 4.94. The first kappa shape index (κ1) is 13.3. The zero-order valence-corrected chi connectivity index (χ0v) is 9.89. The first-order chi connectivity index (χ1) is 7.20. The molecule has 0 N–H and O–H groups in total. The SMILES string of the molecule is C=CC#CC(=S)C=CC(=S)C#CC#CC. The van der Waals surface area contributed by atoms with E-state index >= 15 is 0 Å². The minimum atomic E-state index is 0.487. The number of hydrogen-bond donors (Lipinski definition) is 0. The summed E-state index contributed by atoms with van der Waals surface area (Å²) in [7, 11) is 0. The van der Waals surface area contributed by atoms with Crippen LogP contribution in [0.25, 0.3) is 0 Å². The molecule has 0 aromatic carbocycles. The molecule has 2 heteroatoms. The Morgan fingerprint density at radius 1 is 1.07 bits per heavy atom. The van der Waals surface area contributed by atoms with Crippen molar-refractivity contribution in [3.05, 3.63) is 24.8 Å². The lowest BCUT2D eigenvalue weighted by molar-refractivity contribution is 1.92. The van der Waals surface area contributed by atoms with Gasteiger partial charge in [-0.1, -0.05) is 48.8 Å². The Balaban J connectivity index is 4.35. The number of allylic oxidation sites excluding steroid dienone is 3. The molecule has 0 unspecified atom stereocenters. The van der Waals surface area contributed by atoms with Crippen LogP contribution in [0.5, 0.6) is 0 Å². The summed E-state index contributed by atoms with van der Waals surface area (Å²) in [6, 6.07) is 0. The van der Waals surface area contributed by atoms with E-state index in [4.69, 9.17) is 24.4 Å². The third-order valence-electron chi connectivity index (χ3n) is 1.06. The summed E-state index contributed by atoms with van der Waals surface area (Å²) in [6.45, 7) is 5.17. The van der Waals surface area contributed by atoms with E-state index in [2.05, 4.69) is 42.1 Å². The van der Waals surface area contributed by atoms with E-state index in [1.165, 1.54) is 6.08 Å². The second-order valence-electron chi connectivity index (χ2n) is 2.16. The van der Waals surface area contributed by atoms with E-state index in [0.29, 0.717) is 9.73 Å². The molecule has 0 aliphatic heterocycles. The van der Waals surface area contributed by atoms with Crippen molar-refractivity contribution < 1.29 is 0 Å². The molecule has 0 saturated carbocycles. The topological polar surface area (TPSA) is 0 Å². The van der Waals surface area contributed by atoms with Crippen molar-refractivity contribution in [1.82, 2.24) is 0 Å². The van der Waals surface area contributed by atoms with E-state index in [1.807, 2.05) is 0 Å². The molecule has 0 radical (unpaired) electrons. The summed E-state index contributed by atoms with van der Waals surface area (Å²) in [5, 5.41) is 0. The summed E-state index contributed by atoms with van der Waals surface area (Å²) in [5.74, 6) is 15.9. The van der Waals surface area contributed by atoms with E-state index in [-0.39, 0.29) is 0 Å². The lowest BCUT2D eigenvalue weighted by atomic mass is 10.3. The molecule has 0 saturated heterocycles. The van der Waals surface area contributed by atoms with Crippen LogP contribution < -0.4 is 0 Å². The summed E-state index contributed by atoms with van der Waals surface area (Å²) in [4.78, 5) is 0.987. The van der Waals surface area contributed by atoms with Crippen LogP contribution >= 0.6 is 24.4 Å². The molecule has 0 bridgehead atoms. The largest absolute Gasteiger partial charge is 0.0925 e. The third-order valence-corrected chi connectivity index (χ3v) is 1.53. The molecule has 0 rings (SSSR count). The summed E-state index contributed by atoms with van der Waals surface area (Å²) in [6.07, 6.45) is 4.76. The smallest absolute Gasteiger partial charge is 0.0886 e. The Morgan fingerprint density at radius 2 is 1.67 bits per heavy atom. The molecule has 0 aliphatic rings. The average molecular weight is 228 g/mol. The number of hydrogen-bond acceptors (Lipinski definition) is 2. The van der Waals surface area contributed by atoms with Gasteiger partial charge in [0.1, 0.15) is 0 Å². The predicted octanol–water partition coefficient (Wildman–Crippen LogP) is 2.50. The zero-order chi connectivity index (χ0) is 11.5. The van der Waals surface area contributed by atoms with Crippen LogP contribution in [-0.2, 0) is 0 Å². The molecule has 0 atom stereocenters. The van der Waals surface area contributed by atoms with Gasteiger partial charge < -0.3 is 0 Å². The Labute approximate surface area is 101 Å². The van der Waals surface area contributed by atoms with E-state index in [1.54, 1.807) is 19.1 Å². The van der Waals surface area contributed by atoms with Crippen molar-refractivity contribution in [1.29, 1.82) is 0 Å². The van der Waals surface area contributed by atoms with Crippen molar-refractivity contribution >= 4 is 34.2 Å². The van der Waals surface area contributed by atoms with Crippen LogP contribution in [0.4, 0.5) is 0 Å². The van der Waals surface area contributed by atoms with Crippen LogP contribution in [-0.4, -0.2) is 9.73 Å². The Morgan fingerprint density at radius 3 is 2.20 bits per heavy atom. The van der Waals surface area contributed by atoms with Gasteiger partial charge in [-0.15, -0.1) is 0 Å². The fourth-order valence-corrected chi connectivity index (χ4v) is 0.758. The summed E-state index contributed by atoms with van der Waals surface area (Å²) in [5.41, 5.74) is 0. The fraction of sp³-hybridized carbons (Fsp3) is 0.0769. The standard InChI is InChI=1S/C13H8S2/c1-3-5-7-9-13(15)11-10-12(14)8-6-4-2/h4,10-11H,2H2,1H3. The van der Waals surface area contributed by atoms with Gasteiger partial charge in [-0.2, -0.15) is 0 Å². The fourth-order valence-electron chi connectivity index (χ4n) is 0.512. The lowest BCUT2D eigenvalue weighted by Gasteiger charge is -1.81. The molecule has 0 spiro atoms. The molecule has 0 amide bonds. The normalized spacial score (nSPS) is 7.27. The molecular weight excluding hydrogens is 220 g/mol. The maximum Gasteiger partial charge on any atom is 0.0886 e. The monoisotopic (exact) mass is 228 g/mol. The molecule has 15 heavy (non-hydrogen) atoms. The minimum absolute atomic E-state index is 0.487. The molecule has 0 aromatic rings. The van der Waals surface area contributed by atoms with Crippen LogP contribution in [0.3, 0.4) is 0 Å². The van der Waals surface area contributed by atoms with Crippen molar-refractivity contribution in [2.75, 3.05) is 0 Å². The molecule has 72 valence electrons. The minimum Gasteiger partial charge on any atom is -0.0925 e. The highest BCUT2D eigenvalue weighted by molar-refractivity contribution is 7.81. The van der Waals surface area contributed by atoms with Gasteiger partial charge in [0.15, 0.2) is 0 Å². The second-order valence-corrected chi connectivity index (χ2v) is 3.04. The Hall–Kier alpha value is -1.66. The highest BCUT2D eigenvalue weighted by Crippen LogP contribution is 1.84. The average Bonchev–Trinajstić information content (AvgIpc) is 2.24. The highest BCUT2D eigenvalue weighted by Gasteiger charge is 1.84. The van der Waals surface area contributed by atoms with Gasteiger partial charge in [0.25, 0.3) is 0 Å². The second kappa shape index (κ2) is 8.92. The van der Waals surface area contributed by atoms with E-state index in [9.17, 15) is 0 Å². The van der Waals surface area contributed by atoms with Crippen molar-refractivity contribution in [2.45, 2.75) is 6.92 Å². The zero-order valence-electron chi connectivity index (χ0n) is 8.26. The van der Waals surface area contributed by atoms with Crippen molar-refractivity contribution in [2.24, 2.45) is 0 Å². The molecule has 0 aliphatic carbocycles. The predicted molar refractivity (Wildman–Crippen MR) is 73.5 cm³/mol. The van der Waals surface area contributed by atoms with Crippen LogP contribution in [0.2, 0.25) is 0 Å². The molecule has 0 nitrogen and oxygen atoms in total. The Kier molecular flexibility index (Phi) is 7.93.